The van der Waals surface area contributed by atoms with Crippen LogP contribution in [0.15, 0.2) is 22.8 Å². The minimum Gasteiger partial charge on any atom is -0.467 e. The van der Waals surface area contributed by atoms with Crippen molar-refractivity contribution >= 4 is 6.03 Å². The minimum atomic E-state index is -0.123. The number of urea groups is 1. The number of hydrogen-bond acceptors (Lipinski definition) is 4. The lowest BCUT2D eigenvalue weighted by molar-refractivity contribution is 0.143. The standard InChI is InChI=1S/C17H26N4O3/c1-13-16(14(2)20(3)19-13)7-8-18-17(22)21(9-11-23-4)12-15-6-5-10-24-15/h5-6,10H,7-9,11-12H2,1-4H3,(H,18,22). The van der Waals surface area contributed by atoms with Crippen molar-refractivity contribution in [1.29, 1.82) is 0 Å². The van der Waals surface area contributed by atoms with Gasteiger partial charge in [-0.15, -0.1) is 0 Å². The second kappa shape index (κ2) is 8.54. The third-order valence-corrected chi connectivity index (χ3v) is 4.09. The molecule has 0 saturated heterocycles. The first-order chi connectivity index (χ1) is 11.5. The van der Waals surface area contributed by atoms with Gasteiger partial charge in [0, 0.05) is 32.9 Å². The van der Waals surface area contributed by atoms with Crippen LogP contribution in [0, 0.1) is 13.8 Å². The highest BCUT2D eigenvalue weighted by Gasteiger charge is 2.15. The van der Waals surface area contributed by atoms with Crippen LogP contribution in [0.3, 0.4) is 0 Å². The average Bonchev–Trinajstić information content (AvgIpc) is 3.14. The fourth-order valence-electron chi connectivity index (χ4n) is 2.63. The summed E-state index contributed by atoms with van der Waals surface area (Å²) in [6, 6.07) is 3.55. The number of aromatic nitrogens is 2. The molecule has 0 saturated carbocycles. The summed E-state index contributed by atoms with van der Waals surface area (Å²) in [7, 11) is 3.55. The van der Waals surface area contributed by atoms with E-state index in [-0.39, 0.29) is 6.03 Å². The monoisotopic (exact) mass is 334 g/mol. The Labute approximate surface area is 142 Å². The Hall–Kier alpha value is -2.28. The van der Waals surface area contributed by atoms with Gasteiger partial charge in [0.2, 0.25) is 0 Å². The molecule has 2 rings (SSSR count). The normalized spacial score (nSPS) is 10.8. The van der Waals surface area contributed by atoms with Crippen molar-refractivity contribution in [3.8, 4) is 0 Å². The molecule has 2 heterocycles. The molecule has 0 radical (unpaired) electrons. The Morgan fingerprint density at radius 3 is 2.83 bits per heavy atom. The zero-order chi connectivity index (χ0) is 17.5. The van der Waals surface area contributed by atoms with E-state index in [1.165, 1.54) is 5.56 Å². The van der Waals surface area contributed by atoms with Gasteiger partial charge in [-0.2, -0.15) is 5.10 Å². The predicted molar refractivity (Wildman–Crippen MR) is 90.8 cm³/mol. The van der Waals surface area contributed by atoms with Crippen LogP contribution in [-0.2, 0) is 24.8 Å². The first-order valence-corrected chi connectivity index (χ1v) is 8.06. The molecular weight excluding hydrogens is 308 g/mol. The molecule has 0 fully saturated rings. The van der Waals surface area contributed by atoms with Crippen molar-refractivity contribution in [2.24, 2.45) is 7.05 Å². The number of ether oxygens (including phenoxy) is 1. The summed E-state index contributed by atoms with van der Waals surface area (Å²) in [6.07, 6.45) is 2.37. The van der Waals surface area contributed by atoms with Gasteiger partial charge in [0.25, 0.3) is 0 Å². The molecule has 2 amide bonds. The van der Waals surface area contributed by atoms with Gasteiger partial charge in [-0.1, -0.05) is 0 Å². The summed E-state index contributed by atoms with van der Waals surface area (Å²) in [5.41, 5.74) is 3.33. The van der Waals surface area contributed by atoms with Crippen molar-refractivity contribution in [3.05, 3.63) is 41.1 Å². The number of methoxy groups -OCH3 is 1. The lowest BCUT2D eigenvalue weighted by atomic mass is 10.1. The molecule has 0 aliphatic heterocycles. The summed E-state index contributed by atoms with van der Waals surface area (Å²) < 4.78 is 12.3. The van der Waals surface area contributed by atoms with E-state index in [0.717, 1.165) is 23.6 Å². The first-order valence-electron chi connectivity index (χ1n) is 8.06. The Balaban J connectivity index is 1.89. The Kier molecular flexibility index (Phi) is 6.43. The van der Waals surface area contributed by atoms with E-state index >= 15 is 0 Å². The molecule has 2 aromatic rings. The number of carbonyl (C=O) groups excluding carboxylic acids is 1. The molecule has 0 aromatic carbocycles. The smallest absolute Gasteiger partial charge is 0.317 e. The van der Waals surface area contributed by atoms with Crippen molar-refractivity contribution < 1.29 is 13.9 Å². The molecular formula is C17H26N4O3. The number of hydrogen-bond donors (Lipinski definition) is 1. The molecule has 132 valence electrons. The van der Waals surface area contributed by atoms with Gasteiger partial charge in [-0.25, -0.2) is 4.79 Å². The second-order valence-electron chi connectivity index (χ2n) is 5.75. The van der Waals surface area contributed by atoms with Crippen molar-refractivity contribution in [2.75, 3.05) is 26.8 Å². The van der Waals surface area contributed by atoms with E-state index in [1.807, 2.05) is 37.7 Å². The van der Waals surface area contributed by atoms with E-state index in [9.17, 15) is 4.79 Å². The van der Waals surface area contributed by atoms with Crippen LogP contribution < -0.4 is 5.32 Å². The molecule has 0 atom stereocenters. The second-order valence-corrected chi connectivity index (χ2v) is 5.75. The van der Waals surface area contributed by atoms with E-state index < -0.39 is 0 Å². The van der Waals surface area contributed by atoms with E-state index in [2.05, 4.69) is 10.4 Å². The fraction of sp³-hybridized carbons (Fsp3) is 0.529. The molecule has 1 N–H and O–H groups in total. The Morgan fingerprint density at radius 1 is 1.46 bits per heavy atom. The largest absolute Gasteiger partial charge is 0.467 e. The van der Waals surface area contributed by atoms with E-state index in [4.69, 9.17) is 9.15 Å². The summed E-state index contributed by atoms with van der Waals surface area (Å²) in [6.45, 7) is 6.01. The summed E-state index contributed by atoms with van der Waals surface area (Å²) in [5, 5.41) is 7.37. The number of rotatable bonds is 8. The maximum absolute atomic E-state index is 12.4. The maximum atomic E-state index is 12.4. The molecule has 0 bridgehead atoms. The van der Waals surface area contributed by atoms with Gasteiger partial charge in [0.15, 0.2) is 0 Å². The van der Waals surface area contributed by atoms with Gasteiger partial charge in [-0.05, 0) is 38.0 Å². The SMILES string of the molecule is COCCN(Cc1ccco1)C(=O)NCCc1c(C)nn(C)c1C. The molecule has 0 spiro atoms. The van der Waals surface area contributed by atoms with Crippen molar-refractivity contribution in [3.63, 3.8) is 0 Å². The number of nitrogens with one attached hydrogen (secondary N) is 1. The number of carbonyl (C=O) groups is 1. The topological polar surface area (TPSA) is 72.5 Å². The Bertz CT molecular complexity index is 649. The zero-order valence-electron chi connectivity index (χ0n) is 14.8. The third-order valence-electron chi connectivity index (χ3n) is 4.09. The lowest BCUT2D eigenvalue weighted by Crippen LogP contribution is -2.41. The van der Waals surface area contributed by atoms with Crippen LogP contribution in [0.2, 0.25) is 0 Å². The van der Waals surface area contributed by atoms with Gasteiger partial charge in [-0.3, -0.25) is 4.68 Å². The highest BCUT2D eigenvalue weighted by Crippen LogP contribution is 2.12. The number of aryl methyl sites for hydroxylation is 2. The highest BCUT2D eigenvalue weighted by atomic mass is 16.5. The van der Waals surface area contributed by atoms with E-state index in [0.29, 0.717) is 26.2 Å². The minimum absolute atomic E-state index is 0.123. The summed E-state index contributed by atoms with van der Waals surface area (Å²) in [4.78, 5) is 14.1. The van der Waals surface area contributed by atoms with Crippen molar-refractivity contribution in [2.45, 2.75) is 26.8 Å². The van der Waals surface area contributed by atoms with Gasteiger partial charge in [0.05, 0.1) is 25.1 Å². The van der Waals surface area contributed by atoms with Crippen LogP contribution in [0.1, 0.15) is 22.7 Å². The zero-order valence-corrected chi connectivity index (χ0v) is 14.8. The lowest BCUT2D eigenvalue weighted by Gasteiger charge is -2.21. The predicted octanol–water partition coefficient (Wildman–Crippen LogP) is 2.03. The number of nitrogens with zero attached hydrogens (tertiary/aromatic N) is 3. The fourth-order valence-corrected chi connectivity index (χ4v) is 2.63. The molecule has 7 heteroatoms. The molecule has 7 nitrogen and oxygen atoms in total. The molecule has 0 unspecified atom stereocenters. The van der Waals surface area contributed by atoms with Crippen LogP contribution >= 0.6 is 0 Å². The quantitative estimate of drug-likeness (QED) is 0.802. The van der Waals surface area contributed by atoms with E-state index in [1.54, 1.807) is 18.3 Å². The molecule has 2 aromatic heterocycles. The van der Waals surface area contributed by atoms with Crippen LogP contribution in [-0.4, -0.2) is 47.5 Å². The van der Waals surface area contributed by atoms with Gasteiger partial charge < -0.3 is 19.4 Å². The molecule has 0 aliphatic rings. The molecule has 24 heavy (non-hydrogen) atoms. The summed E-state index contributed by atoms with van der Waals surface area (Å²) in [5.74, 6) is 0.750. The third kappa shape index (κ3) is 4.61. The van der Waals surface area contributed by atoms with Crippen LogP contribution in [0.25, 0.3) is 0 Å². The maximum Gasteiger partial charge on any atom is 0.317 e. The molecule has 0 aliphatic carbocycles. The van der Waals surface area contributed by atoms with Crippen LogP contribution in [0.4, 0.5) is 4.79 Å². The highest BCUT2D eigenvalue weighted by molar-refractivity contribution is 5.74. The van der Waals surface area contributed by atoms with Crippen LogP contribution in [0.5, 0.6) is 0 Å². The van der Waals surface area contributed by atoms with Gasteiger partial charge >= 0.3 is 6.03 Å². The average molecular weight is 334 g/mol. The van der Waals surface area contributed by atoms with Gasteiger partial charge in [0.1, 0.15) is 5.76 Å². The number of furan rings is 1. The first kappa shape index (κ1) is 18.1. The number of amides is 2. The Morgan fingerprint density at radius 2 is 2.25 bits per heavy atom. The summed E-state index contributed by atoms with van der Waals surface area (Å²) >= 11 is 0. The van der Waals surface area contributed by atoms with Crippen molar-refractivity contribution in [1.82, 2.24) is 20.0 Å².